The molecule has 2 heteroatoms. The summed E-state index contributed by atoms with van der Waals surface area (Å²) in [5.41, 5.74) is 2.51. The Balaban J connectivity index is 2.92. The molecular weight excluding hydrogens is 268 g/mol. The average molecular weight is 276 g/mol. The van der Waals surface area contributed by atoms with Crippen molar-refractivity contribution >= 4 is 37.4 Å². The van der Waals surface area contributed by atoms with Crippen molar-refractivity contribution in [3.8, 4) is 0 Å². The van der Waals surface area contributed by atoms with Crippen LogP contribution in [0.5, 0.6) is 0 Å². The largest absolute Gasteiger partial charge is 0.0876 e. The lowest BCUT2D eigenvalue weighted by Crippen LogP contribution is -1.82. The summed E-state index contributed by atoms with van der Waals surface area (Å²) in [6, 6.07) is 10.3. The minimum absolute atomic E-state index is 0.877. The highest BCUT2D eigenvalue weighted by Crippen LogP contribution is 2.17. The lowest BCUT2D eigenvalue weighted by molar-refractivity contribution is 1.60. The van der Waals surface area contributed by atoms with Crippen molar-refractivity contribution in [2.45, 2.75) is 0 Å². The Morgan fingerprint density at radius 3 is 2.36 bits per heavy atom. The van der Waals surface area contributed by atoms with Gasteiger partial charge in [-0.3, -0.25) is 0 Å². The summed E-state index contributed by atoms with van der Waals surface area (Å²) in [6.45, 7) is 0. The summed E-state index contributed by atoms with van der Waals surface area (Å²) in [4.78, 5) is 1.94. The van der Waals surface area contributed by atoms with Crippen LogP contribution in [0, 0.1) is 0 Å². The van der Waals surface area contributed by atoms with Crippen LogP contribution in [-0.2, 0) is 0 Å². The molecular formula is C9H8Br2. The van der Waals surface area contributed by atoms with E-state index in [4.69, 9.17) is 0 Å². The molecule has 0 heterocycles. The van der Waals surface area contributed by atoms with Gasteiger partial charge < -0.3 is 0 Å². The summed E-state index contributed by atoms with van der Waals surface area (Å²) in [5.74, 6) is 0. The van der Waals surface area contributed by atoms with Crippen molar-refractivity contribution in [2.24, 2.45) is 0 Å². The molecule has 0 amide bonds. The van der Waals surface area contributed by atoms with Crippen LogP contribution < -0.4 is 0 Å². The molecule has 58 valence electrons. The molecule has 0 saturated carbocycles. The smallest absolute Gasteiger partial charge is 0.0294 e. The Labute approximate surface area is 83.6 Å². The molecule has 1 aromatic carbocycles. The van der Waals surface area contributed by atoms with Crippen molar-refractivity contribution in [2.75, 3.05) is 5.33 Å². The van der Waals surface area contributed by atoms with Gasteiger partial charge in [0.15, 0.2) is 0 Å². The molecule has 0 spiro atoms. The number of halogens is 2. The fourth-order valence-electron chi connectivity index (χ4n) is 0.822. The Hall–Kier alpha value is -0.0800. The van der Waals surface area contributed by atoms with Crippen LogP contribution in [0.4, 0.5) is 0 Å². The van der Waals surface area contributed by atoms with Crippen LogP contribution in [0.3, 0.4) is 0 Å². The number of alkyl halides is 1. The summed E-state index contributed by atoms with van der Waals surface area (Å²) in [7, 11) is 0. The van der Waals surface area contributed by atoms with Crippen LogP contribution in [0.15, 0.2) is 35.3 Å². The SMILES string of the molecule is Br/C=C(/CBr)c1ccccc1. The Morgan fingerprint density at radius 1 is 1.27 bits per heavy atom. The van der Waals surface area contributed by atoms with E-state index in [1.54, 1.807) is 0 Å². The van der Waals surface area contributed by atoms with Gasteiger partial charge in [0.05, 0.1) is 0 Å². The highest BCUT2D eigenvalue weighted by atomic mass is 79.9. The number of hydrogen-bond donors (Lipinski definition) is 0. The Bertz CT molecular complexity index is 239. The van der Waals surface area contributed by atoms with Crippen molar-refractivity contribution < 1.29 is 0 Å². The van der Waals surface area contributed by atoms with E-state index in [1.807, 2.05) is 23.2 Å². The van der Waals surface area contributed by atoms with E-state index in [0.717, 1.165) is 5.33 Å². The molecule has 0 bridgehead atoms. The predicted molar refractivity (Wildman–Crippen MR) is 57.1 cm³/mol. The molecule has 0 aromatic heterocycles. The summed E-state index contributed by atoms with van der Waals surface area (Å²) in [5, 5.41) is 0.877. The quantitative estimate of drug-likeness (QED) is 0.720. The molecule has 0 unspecified atom stereocenters. The first-order chi connectivity index (χ1) is 5.38. The zero-order chi connectivity index (χ0) is 8.10. The third-order valence-corrected chi connectivity index (χ3v) is 2.58. The van der Waals surface area contributed by atoms with E-state index in [0.29, 0.717) is 0 Å². The third-order valence-electron chi connectivity index (χ3n) is 1.42. The standard InChI is InChI=1S/C9H8Br2/c10-6-9(7-11)8-4-2-1-3-5-8/h1-6H,7H2/b9-6-. The van der Waals surface area contributed by atoms with Gasteiger partial charge in [0.25, 0.3) is 0 Å². The van der Waals surface area contributed by atoms with Crippen molar-refractivity contribution in [3.05, 3.63) is 40.9 Å². The van der Waals surface area contributed by atoms with Gasteiger partial charge in [0.2, 0.25) is 0 Å². The molecule has 1 rings (SSSR count). The second-order valence-corrected chi connectivity index (χ2v) is 3.15. The summed E-state index contributed by atoms with van der Waals surface area (Å²) in [6.07, 6.45) is 0. The van der Waals surface area contributed by atoms with E-state index in [-0.39, 0.29) is 0 Å². The zero-order valence-corrected chi connectivity index (χ0v) is 9.10. The normalized spacial score (nSPS) is 11.6. The molecule has 0 aliphatic rings. The van der Waals surface area contributed by atoms with Crippen LogP contribution >= 0.6 is 31.9 Å². The van der Waals surface area contributed by atoms with Gasteiger partial charge in [0, 0.05) is 5.33 Å². The summed E-state index contributed by atoms with van der Waals surface area (Å²) < 4.78 is 0. The van der Waals surface area contributed by atoms with Crippen molar-refractivity contribution in [3.63, 3.8) is 0 Å². The van der Waals surface area contributed by atoms with E-state index in [9.17, 15) is 0 Å². The van der Waals surface area contributed by atoms with Gasteiger partial charge in [-0.25, -0.2) is 0 Å². The molecule has 0 saturated heterocycles. The topological polar surface area (TPSA) is 0 Å². The van der Waals surface area contributed by atoms with Crippen LogP contribution in [0.25, 0.3) is 5.57 Å². The van der Waals surface area contributed by atoms with E-state index in [1.165, 1.54) is 11.1 Å². The molecule has 0 nitrogen and oxygen atoms in total. The van der Waals surface area contributed by atoms with Crippen molar-refractivity contribution in [1.82, 2.24) is 0 Å². The predicted octanol–water partition coefficient (Wildman–Crippen LogP) is 3.82. The number of rotatable bonds is 2. The fourth-order valence-corrected chi connectivity index (χ4v) is 2.17. The maximum Gasteiger partial charge on any atom is 0.0294 e. The number of allylic oxidation sites excluding steroid dienone is 1. The monoisotopic (exact) mass is 274 g/mol. The maximum absolute atomic E-state index is 3.41. The zero-order valence-electron chi connectivity index (χ0n) is 5.93. The minimum atomic E-state index is 0.877. The first kappa shape index (κ1) is 9.01. The maximum atomic E-state index is 3.41. The molecule has 0 N–H and O–H groups in total. The summed E-state index contributed by atoms with van der Waals surface area (Å²) >= 11 is 6.74. The first-order valence-electron chi connectivity index (χ1n) is 3.29. The molecule has 0 aliphatic carbocycles. The van der Waals surface area contributed by atoms with E-state index in [2.05, 4.69) is 44.0 Å². The number of hydrogen-bond acceptors (Lipinski definition) is 0. The second-order valence-electron chi connectivity index (χ2n) is 2.13. The fraction of sp³-hybridized carbons (Fsp3) is 0.111. The first-order valence-corrected chi connectivity index (χ1v) is 5.33. The lowest BCUT2D eigenvalue weighted by Gasteiger charge is -2.00. The van der Waals surface area contributed by atoms with Gasteiger partial charge in [0.1, 0.15) is 0 Å². The molecule has 11 heavy (non-hydrogen) atoms. The van der Waals surface area contributed by atoms with Crippen molar-refractivity contribution in [1.29, 1.82) is 0 Å². The highest BCUT2D eigenvalue weighted by molar-refractivity contribution is 9.11. The van der Waals surface area contributed by atoms with Gasteiger partial charge in [-0.05, 0) is 16.1 Å². The lowest BCUT2D eigenvalue weighted by atomic mass is 10.1. The highest BCUT2D eigenvalue weighted by Gasteiger charge is 1.95. The van der Waals surface area contributed by atoms with Gasteiger partial charge >= 0.3 is 0 Å². The third kappa shape index (κ3) is 2.46. The van der Waals surface area contributed by atoms with Gasteiger partial charge in [-0.2, -0.15) is 0 Å². The molecule has 0 fully saturated rings. The molecule has 0 atom stereocenters. The van der Waals surface area contributed by atoms with Crippen LogP contribution in [-0.4, -0.2) is 5.33 Å². The van der Waals surface area contributed by atoms with E-state index >= 15 is 0 Å². The Morgan fingerprint density at radius 2 is 1.91 bits per heavy atom. The van der Waals surface area contributed by atoms with E-state index < -0.39 is 0 Å². The second kappa shape index (κ2) is 4.73. The minimum Gasteiger partial charge on any atom is -0.0876 e. The number of benzene rings is 1. The van der Waals surface area contributed by atoms with Crippen LogP contribution in [0.1, 0.15) is 5.56 Å². The average Bonchev–Trinajstić information content (AvgIpc) is 2.09. The molecule has 0 radical (unpaired) electrons. The Kier molecular flexibility index (Phi) is 3.87. The molecule has 1 aromatic rings. The van der Waals surface area contributed by atoms with Gasteiger partial charge in [-0.1, -0.05) is 62.2 Å². The van der Waals surface area contributed by atoms with Gasteiger partial charge in [-0.15, -0.1) is 0 Å². The molecule has 0 aliphatic heterocycles. The van der Waals surface area contributed by atoms with Crippen LogP contribution in [0.2, 0.25) is 0 Å².